The van der Waals surface area contributed by atoms with E-state index in [-0.39, 0.29) is 35.1 Å². The van der Waals surface area contributed by atoms with Gasteiger partial charge in [-0.15, -0.1) is 0 Å². The predicted octanol–water partition coefficient (Wildman–Crippen LogP) is -1.27. The molecule has 3 aliphatic rings. The van der Waals surface area contributed by atoms with Crippen LogP contribution in [0.4, 0.5) is 0 Å². The summed E-state index contributed by atoms with van der Waals surface area (Å²) >= 11 is 0. The van der Waals surface area contributed by atoms with E-state index in [1.54, 1.807) is 0 Å². The number of hydrogen-bond acceptors (Lipinski definition) is 8. The standard InChI is InChI=1S/C7H15NOS.C5H11NO2S.C4H9NO2S/c1-10(9)4-2-7(6-8)3-5-10;6-5-1-3-9(7,8)4-2-5;5-4-1-2-8(6,7)3-4/h7H,1-6,8H2;5H,1-4,6H2;4H,1-3,5H2. The molecule has 0 spiro atoms. The number of hydrogen-bond donors (Lipinski definition) is 3. The molecule has 1 atom stereocenters. The van der Waals surface area contributed by atoms with Crippen molar-refractivity contribution in [2.45, 2.75) is 44.2 Å². The molecule has 0 aromatic rings. The van der Waals surface area contributed by atoms with Crippen molar-refractivity contribution in [2.75, 3.05) is 41.1 Å². The van der Waals surface area contributed by atoms with Gasteiger partial charge >= 0.3 is 0 Å². The molecular weight excluding hydrogens is 410 g/mol. The first-order valence-corrected chi connectivity index (χ1v) is 15.0. The number of rotatable bonds is 1. The summed E-state index contributed by atoms with van der Waals surface area (Å²) in [6.07, 6.45) is 3.95. The number of sulfone groups is 2. The molecule has 0 radical (unpaired) electrons. The van der Waals surface area contributed by atoms with Crippen molar-refractivity contribution in [3.63, 3.8) is 0 Å². The molecule has 0 aromatic heterocycles. The zero-order valence-electron chi connectivity index (χ0n) is 15.9. The second-order valence-corrected chi connectivity index (χ2v) is 15.0. The summed E-state index contributed by atoms with van der Waals surface area (Å²) in [4.78, 5) is 0. The lowest BCUT2D eigenvalue weighted by Gasteiger charge is -2.22. The highest BCUT2D eigenvalue weighted by Gasteiger charge is 2.24. The maximum absolute atomic E-state index is 11.3. The maximum atomic E-state index is 11.3. The molecule has 27 heavy (non-hydrogen) atoms. The highest BCUT2D eigenvalue weighted by molar-refractivity contribution is 8.00. The minimum atomic E-state index is -2.72. The molecular formula is C16H35N3O5S3. The van der Waals surface area contributed by atoms with Gasteiger partial charge in [-0.05, 0) is 60.0 Å². The second kappa shape index (κ2) is 10.5. The molecule has 3 rings (SSSR count). The van der Waals surface area contributed by atoms with Crippen molar-refractivity contribution >= 4 is 35.1 Å². The Kier molecular flexibility index (Phi) is 9.70. The fourth-order valence-electron chi connectivity index (χ4n) is 2.98. The summed E-state index contributed by atoms with van der Waals surface area (Å²) in [5, 5.41) is 0. The SMILES string of the molecule is C=S1(=O)CCC(CN)CC1.NC1CCS(=O)(=O)C1.NC1CCS(=O)(=O)CC1. The smallest absolute Gasteiger partial charge is 0.151 e. The highest BCUT2D eigenvalue weighted by Crippen LogP contribution is 2.17. The van der Waals surface area contributed by atoms with Crippen molar-refractivity contribution in [1.82, 2.24) is 0 Å². The van der Waals surface area contributed by atoms with Gasteiger partial charge in [0.1, 0.15) is 9.84 Å². The highest BCUT2D eigenvalue weighted by atomic mass is 32.2. The first-order chi connectivity index (χ1) is 12.3. The first kappa shape index (κ1) is 24.8. The van der Waals surface area contributed by atoms with Gasteiger partial charge in [0.2, 0.25) is 0 Å². The topological polar surface area (TPSA) is 163 Å². The molecule has 1 unspecified atom stereocenters. The minimum Gasteiger partial charge on any atom is -0.330 e. The normalized spacial score (nSPS) is 35.2. The zero-order valence-corrected chi connectivity index (χ0v) is 18.4. The molecule has 6 N–H and O–H groups in total. The van der Waals surface area contributed by atoms with Gasteiger partial charge in [0.05, 0.1) is 23.0 Å². The van der Waals surface area contributed by atoms with Crippen molar-refractivity contribution in [1.29, 1.82) is 0 Å². The van der Waals surface area contributed by atoms with Crippen LogP contribution in [-0.4, -0.2) is 80.1 Å². The van der Waals surface area contributed by atoms with E-state index in [4.69, 9.17) is 17.2 Å². The monoisotopic (exact) mass is 445 g/mol. The summed E-state index contributed by atoms with van der Waals surface area (Å²) in [7, 11) is -7.10. The summed E-state index contributed by atoms with van der Waals surface area (Å²) in [6, 6.07) is 0.0218. The van der Waals surface area contributed by atoms with Crippen LogP contribution in [-0.2, 0) is 29.2 Å². The van der Waals surface area contributed by atoms with Gasteiger partial charge in [-0.3, -0.25) is 4.21 Å². The predicted molar refractivity (Wildman–Crippen MR) is 114 cm³/mol. The van der Waals surface area contributed by atoms with Crippen LogP contribution < -0.4 is 17.2 Å². The van der Waals surface area contributed by atoms with Crippen molar-refractivity contribution in [3.8, 4) is 0 Å². The van der Waals surface area contributed by atoms with Gasteiger partial charge in [0.15, 0.2) is 9.84 Å². The third-order valence-corrected chi connectivity index (χ3v) is 10.5. The first-order valence-electron chi connectivity index (χ1n) is 9.29. The molecule has 3 aliphatic heterocycles. The second-order valence-electron chi connectivity index (χ2n) is 7.71. The molecule has 3 saturated heterocycles. The number of nitrogens with two attached hydrogens (primary N) is 3. The minimum absolute atomic E-state index is 0.0972. The van der Waals surface area contributed by atoms with E-state index < -0.39 is 29.2 Å². The molecule has 0 aliphatic carbocycles. The molecule has 0 amide bonds. The molecule has 0 saturated carbocycles. The Labute approximate surface area is 164 Å². The van der Waals surface area contributed by atoms with E-state index in [0.717, 1.165) is 30.9 Å². The Hall–Kier alpha value is -0.200. The van der Waals surface area contributed by atoms with E-state index in [9.17, 15) is 21.0 Å². The molecule has 8 nitrogen and oxygen atoms in total. The molecule has 3 heterocycles. The van der Waals surface area contributed by atoms with E-state index in [1.165, 1.54) is 0 Å². The van der Waals surface area contributed by atoms with E-state index in [2.05, 4.69) is 5.87 Å². The van der Waals surface area contributed by atoms with Crippen LogP contribution in [0, 0.1) is 5.92 Å². The van der Waals surface area contributed by atoms with Gasteiger partial charge < -0.3 is 17.2 Å². The third-order valence-electron chi connectivity index (χ3n) is 5.00. The van der Waals surface area contributed by atoms with Crippen LogP contribution in [0.25, 0.3) is 0 Å². The largest absolute Gasteiger partial charge is 0.330 e. The Balaban J connectivity index is 0.000000204. The molecule has 162 valence electrons. The van der Waals surface area contributed by atoms with Crippen molar-refractivity contribution < 1.29 is 21.0 Å². The fourth-order valence-corrected chi connectivity index (χ4v) is 7.88. The van der Waals surface area contributed by atoms with Crippen LogP contribution in [0.1, 0.15) is 32.1 Å². The Morgan fingerprint density at radius 2 is 1.15 bits per heavy atom. The molecule has 11 heteroatoms. The average molecular weight is 446 g/mol. The quantitative estimate of drug-likeness (QED) is 0.420. The van der Waals surface area contributed by atoms with Gasteiger partial charge in [-0.25, -0.2) is 16.8 Å². The van der Waals surface area contributed by atoms with Crippen molar-refractivity contribution in [2.24, 2.45) is 23.1 Å². The summed E-state index contributed by atoms with van der Waals surface area (Å²) < 4.78 is 53.9. The lowest BCUT2D eigenvalue weighted by Crippen LogP contribution is -2.32. The van der Waals surface area contributed by atoms with E-state index in [1.807, 2.05) is 0 Å². The van der Waals surface area contributed by atoms with E-state index in [0.29, 0.717) is 25.2 Å². The summed E-state index contributed by atoms with van der Waals surface area (Å²) in [6.45, 7) is 0.746. The van der Waals surface area contributed by atoms with Crippen LogP contribution in [0.15, 0.2) is 0 Å². The maximum Gasteiger partial charge on any atom is 0.151 e. The van der Waals surface area contributed by atoms with Crippen LogP contribution >= 0.6 is 0 Å². The Morgan fingerprint density at radius 3 is 1.44 bits per heavy atom. The fraction of sp³-hybridized carbons (Fsp3) is 0.938. The van der Waals surface area contributed by atoms with Gasteiger partial charge in [0.25, 0.3) is 0 Å². The molecule has 3 fully saturated rings. The summed E-state index contributed by atoms with van der Waals surface area (Å²) in [5.74, 6) is 6.91. The third kappa shape index (κ3) is 10.8. The lowest BCUT2D eigenvalue weighted by molar-refractivity contribution is 0.491. The molecule has 0 bridgehead atoms. The Morgan fingerprint density at radius 1 is 0.704 bits per heavy atom. The van der Waals surface area contributed by atoms with Crippen LogP contribution in [0.5, 0.6) is 0 Å². The van der Waals surface area contributed by atoms with E-state index >= 15 is 0 Å². The summed E-state index contributed by atoms with van der Waals surface area (Å²) in [5.41, 5.74) is 16.3. The van der Waals surface area contributed by atoms with Crippen molar-refractivity contribution in [3.05, 3.63) is 0 Å². The zero-order chi connectivity index (χ0) is 20.7. The van der Waals surface area contributed by atoms with Gasteiger partial charge in [-0.2, -0.15) is 0 Å². The van der Waals surface area contributed by atoms with Crippen LogP contribution in [0.2, 0.25) is 0 Å². The molecule has 0 aromatic carbocycles. The van der Waals surface area contributed by atoms with Crippen LogP contribution in [0.3, 0.4) is 0 Å². The lowest BCUT2D eigenvalue weighted by atomic mass is 10.0. The van der Waals surface area contributed by atoms with Gasteiger partial charge in [-0.1, -0.05) is 0 Å². The Bertz CT molecular complexity index is 735. The van der Waals surface area contributed by atoms with Gasteiger partial charge in [0, 0.05) is 23.6 Å². The average Bonchev–Trinajstić information content (AvgIpc) is 2.89.